The standard InChI is InChI=1S/C17H22N/c1-6-15-7-8-16(13(3)9-15)17-10-12(2)14(4)11-18(17)5/h7-11H,6H2,1-5H3/q+1. The van der Waals surface area contributed by atoms with Gasteiger partial charge in [-0.05, 0) is 49.9 Å². The highest BCUT2D eigenvalue weighted by atomic mass is 14.9. The van der Waals surface area contributed by atoms with Crippen LogP contribution in [0.15, 0.2) is 30.5 Å². The summed E-state index contributed by atoms with van der Waals surface area (Å²) in [6, 6.07) is 9.06. The minimum Gasteiger partial charge on any atom is -0.201 e. The van der Waals surface area contributed by atoms with Crippen molar-refractivity contribution in [3.8, 4) is 11.3 Å². The molecule has 2 aromatic rings. The monoisotopic (exact) mass is 240 g/mol. The van der Waals surface area contributed by atoms with Gasteiger partial charge in [0.1, 0.15) is 7.05 Å². The summed E-state index contributed by atoms with van der Waals surface area (Å²) in [5.74, 6) is 0. The second-order valence-electron chi connectivity index (χ2n) is 5.14. The van der Waals surface area contributed by atoms with E-state index in [1.54, 1.807) is 0 Å². The van der Waals surface area contributed by atoms with Crippen LogP contribution < -0.4 is 4.57 Å². The molecule has 0 fully saturated rings. The molecule has 0 spiro atoms. The minimum absolute atomic E-state index is 1.10. The molecule has 0 unspecified atom stereocenters. The highest BCUT2D eigenvalue weighted by Gasteiger charge is 2.14. The number of benzene rings is 1. The fourth-order valence-electron chi connectivity index (χ4n) is 2.38. The van der Waals surface area contributed by atoms with Crippen molar-refractivity contribution in [2.45, 2.75) is 34.1 Å². The Hall–Kier alpha value is -1.63. The average Bonchev–Trinajstić information content (AvgIpc) is 2.34. The SMILES string of the molecule is CCc1ccc(-c2cc(C)c(C)c[n+]2C)c(C)c1. The molecular formula is C17H22N+. The molecule has 94 valence electrons. The highest BCUT2D eigenvalue weighted by Crippen LogP contribution is 2.23. The molecule has 0 radical (unpaired) electrons. The third kappa shape index (κ3) is 2.31. The summed E-state index contributed by atoms with van der Waals surface area (Å²) in [6.07, 6.45) is 3.30. The predicted molar refractivity (Wildman–Crippen MR) is 76.6 cm³/mol. The van der Waals surface area contributed by atoms with Crippen molar-refractivity contribution >= 4 is 0 Å². The molecule has 1 heterocycles. The molecule has 0 aliphatic rings. The van der Waals surface area contributed by atoms with Gasteiger partial charge in [-0.25, -0.2) is 4.57 Å². The van der Waals surface area contributed by atoms with E-state index in [1.807, 2.05) is 0 Å². The maximum atomic E-state index is 2.30. The van der Waals surface area contributed by atoms with Crippen molar-refractivity contribution in [3.05, 3.63) is 52.7 Å². The molecule has 1 nitrogen and oxygen atoms in total. The second kappa shape index (κ2) is 4.93. The molecule has 0 amide bonds. The zero-order chi connectivity index (χ0) is 13.3. The van der Waals surface area contributed by atoms with Gasteiger partial charge in [0.05, 0.1) is 0 Å². The number of rotatable bonds is 2. The maximum absolute atomic E-state index is 2.30. The van der Waals surface area contributed by atoms with E-state index in [9.17, 15) is 0 Å². The van der Waals surface area contributed by atoms with Gasteiger partial charge in [0.2, 0.25) is 5.69 Å². The van der Waals surface area contributed by atoms with E-state index >= 15 is 0 Å². The largest absolute Gasteiger partial charge is 0.212 e. The maximum Gasteiger partial charge on any atom is 0.212 e. The van der Waals surface area contributed by atoms with Crippen LogP contribution >= 0.6 is 0 Å². The lowest BCUT2D eigenvalue weighted by Crippen LogP contribution is -2.31. The zero-order valence-electron chi connectivity index (χ0n) is 12.0. The Morgan fingerprint density at radius 1 is 0.944 bits per heavy atom. The number of pyridine rings is 1. The fraction of sp³-hybridized carbons (Fsp3) is 0.353. The third-order valence-corrected chi connectivity index (χ3v) is 3.72. The van der Waals surface area contributed by atoms with Crippen molar-refractivity contribution < 1.29 is 4.57 Å². The fourth-order valence-corrected chi connectivity index (χ4v) is 2.38. The molecule has 18 heavy (non-hydrogen) atoms. The first kappa shape index (κ1) is 12.8. The number of aromatic nitrogens is 1. The molecule has 1 heteroatoms. The Bertz CT molecular complexity index is 582. The van der Waals surface area contributed by atoms with E-state index in [2.05, 4.69) is 69.8 Å². The Morgan fingerprint density at radius 3 is 2.28 bits per heavy atom. The van der Waals surface area contributed by atoms with Gasteiger partial charge in [-0.3, -0.25) is 0 Å². The van der Waals surface area contributed by atoms with Gasteiger partial charge in [-0.1, -0.05) is 19.1 Å². The van der Waals surface area contributed by atoms with Gasteiger partial charge >= 0.3 is 0 Å². The average molecular weight is 240 g/mol. The minimum atomic E-state index is 1.10. The van der Waals surface area contributed by atoms with Crippen LogP contribution in [0, 0.1) is 20.8 Å². The van der Waals surface area contributed by atoms with Crippen molar-refractivity contribution in [2.24, 2.45) is 7.05 Å². The molecule has 0 saturated carbocycles. The van der Waals surface area contributed by atoms with Crippen LogP contribution in [0.3, 0.4) is 0 Å². The molecule has 0 aliphatic carbocycles. The van der Waals surface area contributed by atoms with Gasteiger partial charge in [0, 0.05) is 17.2 Å². The number of hydrogen-bond donors (Lipinski definition) is 0. The van der Waals surface area contributed by atoms with Crippen LogP contribution in [0.4, 0.5) is 0 Å². The van der Waals surface area contributed by atoms with Gasteiger partial charge < -0.3 is 0 Å². The molecule has 0 N–H and O–H groups in total. The summed E-state index contributed by atoms with van der Waals surface area (Å²) in [5.41, 5.74) is 8.07. The van der Waals surface area contributed by atoms with Crippen molar-refractivity contribution in [1.82, 2.24) is 0 Å². The van der Waals surface area contributed by atoms with Gasteiger partial charge in [-0.2, -0.15) is 0 Å². The number of aryl methyl sites for hydroxylation is 5. The van der Waals surface area contributed by atoms with Crippen LogP contribution in [0.5, 0.6) is 0 Å². The summed E-state index contributed by atoms with van der Waals surface area (Å²) >= 11 is 0. The van der Waals surface area contributed by atoms with Crippen LogP contribution in [-0.4, -0.2) is 0 Å². The van der Waals surface area contributed by atoms with Crippen molar-refractivity contribution in [1.29, 1.82) is 0 Å². The summed E-state index contributed by atoms with van der Waals surface area (Å²) in [7, 11) is 2.12. The van der Waals surface area contributed by atoms with E-state index in [1.165, 1.54) is 33.5 Å². The summed E-state index contributed by atoms with van der Waals surface area (Å²) in [5, 5.41) is 0. The quantitative estimate of drug-likeness (QED) is 0.705. The molecule has 1 aromatic carbocycles. The lowest BCUT2D eigenvalue weighted by atomic mass is 9.99. The number of hydrogen-bond acceptors (Lipinski definition) is 0. The molecule has 0 saturated heterocycles. The van der Waals surface area contributed by atoms with Crippen molar-refractivity contribution in [3.63, 3.8) is 0 Å². The van der Waals surface area contributed by atoms with E-state index in [-0.39, 0.29) is 0 Å². The Morgan fingerprint density at radius 2 is 1.67 bits per heavy atom. The first-order valence-electron chi connectivity index (χ1n) is 6.59. The molecule has 2 rings (SSSR count). The van der Waals surface area contributed by atoms with Gasteiger partial charge in [-0.15, -0.1) is 0 Å². The first-order valence-corrected chi connectivity index (χ1v) is 6.59. The highest BCUT2D eigenvalue weighted by molar-refractivity contribution is 5.62. The Labute approximate surface area is 110 Å². The second-order valence-corrected chi connectivity index (χ2v) is 5.14. The number of nitrogens with zero attached hydrogens (tertiary/aromatic N) is 1. The van der Waals surface area contributed by atoms with Gasteiger partial charge in [0.15, 0.2) is 6.20 Å². The molecule has 1 aromatic heterocycles. The molecule has 0 bridgehead atoms. The normalized spacial score (nSPS) is 10.7. The molecule has 0 atom stereocenters. The Kier molecular flexibility index (Phi) is 3.51. The lowest BCUT2D eigenvalue weighted by Gasteiger charge is -2.08. The van der Waals surface area contributed by atoms with Gasteiger partial charge in [0.25, 0.3) is 0 Å². The predicted octanol–water partition coefficient (Wildman–Crippen LogP) is 3.67. The van der Waals surface area contributed by atoms with E-state index in [0.717, 1.165) is 6.42 Å². The topological polar surface area (TPSA) is 3.88 Å². The van der Waals surface area contributed by atoms with E-state index < -0.39 is 0 Å². The van der Waals surface area contributed by atoms with Crippen LogP contribution in [0.1, 0.15) is 29.2 Å². The first-order chi connectivity index (χ1) is 8.52. The smallest absolute Gasteiger partial charge is 0.201 e. The summed E-state index contributed by atoms with van der Waals surface area (Å²) in [6.45, 7) is 8.73. The summed E-state index contributed by atoms with van der Waals surface area (Å²) < 4.78 is 2.22. The zero-order valence-corrected chi connectivity index (χ0v) is 12.0. The van der Waals surface area contributed by atoms with E-state index in [4.69, 9.17) is 0 Å². The van der Waals surface area contributed by atoms with Crippen molar-refractivity contribution in [2.75, 3.05) is 0 Å². The third-order valence-electron chi connectivity index (χ3n) is 3.72. The van der Waals surface area contributed by atoms with E-state index in [0.29, 0.717) is 0 Å². The van der Waals surface area contributed by atoms with Crippen LogP contribution in [0.2, 0.25) is 0 Å². The molecular weight excluding hydrogens is 218 g/mol. The lowest BCUT2D eigenvalue weighted by molar-refractivity contribution is -0.660. The van der Waals surface area contributed by atoms with Crippen LogP contribution in [0.25, 0.3) is 11.3 Å². The Balaban J connectivity index is 2.58. The molecule has 0 aliphatic heterocycles. The summed E-state index contributed by atoms with van der Waals surface area (Å²) in [4.78, 5) is 0. The van der Waals surface area contributed by atoms with Crippen LogP contribution in [-0.2, 0) is 13.5 Å².